The molecule has 4 heteroatoms. The van der Waals surface area contributed by atoms with Gasteiger partial charge in [-0.25, -0.2) is 4.98 Å². The third-order valence-corrected chi connectivity index (χ3v) is 4.94. The maximum atomic E-state index is 12.4. The topological polar surface area (TPSA) is 46.9 Å². The summed E-state index contributed by atoms with van der Waals surface area (Å²) in [5.74, 6) is 0.460. The lowest BCUT2D eigenvalue weighted by Crippen LogP contribution is -2.24. The Bertz CT molecular complexity index is 870. The van der Waals surface area contributed by atoms with Gasteiger partial charge in [0.1, 0.15) is 0 Å². The Morgan fingerprint density at radius 2 is 2.00 bits per heavy atom. The molecular formula is C21H21N3O. The van der Waals surface area contributed by atoms with Gasteiger partial charge >= 0.3 is 0 Å². The lowest BCUT2D eigenvalue weighted by atomic mass is 9.97. The summed E-state index contributed by atoms with van der Waals surface area (Å²) in [7, 11) is 0. The zero-order valence-corrected chi connectivity index (χ0v) is 14.1. The van der Waals surface area contributed by atoms with Crippen LogP contribution in [0.5, 0.6) is 0 Å². The Balaban J connectivity index is 1.41. The predicted octanol–water partition coefficient (Wildman–Crippen LogP) is 3.61. The third-order valence-electron chi connectivity index (χ3n) is 4.94. The van der Waals surface area contributed by atoms with Gasteiger partial charge < -0.3 is 9.88 Å². The molecule has 1 amide bonds. The summed E-state index contributed by atoms with van der Waals surface area (Å²) in [5, 5.41) is 3.09. The van der Waals surface area contributed by atoms with Crippen molar-refractivity contribution in [3.05, 3.63) is 83.9 Å². The zero-order chi connectivity index (χ0) is 17.1. The van der Waals surface area contributed by atoms with Crippen LogP contribution in [-0.4, -0.2) is 15.5 Å². The molecule has 0 spiro atoms. The number of aryl methyl sites for hydroxylation is 1. The van der Waals surface area contributed by atoms with E-state index in [1.54, 1.807) is 12.5 Å². The van der Waals surface area contributed by atoms with E-state index in [2.05, 4.69) is 34.6 Å². The second kappa shape index (κ2) is 6.93. The fourth-order valence-corrected chi connectivity index (χ4v) is 3.66. The first-order valence-electron chi connectivity index (χ1n) is 8.72. The van der Waals surface area contributed by atoms with Crippen molar-refractivity contribution in [3.63, 3.8) is 0 Å². The van der Waals surface area contributed by atoms with Crippen LogP contribution in [-0.2, 0) is 17.8 Å². The highest BCUT2D eigenvalue weighted by atomic mass is 16.1. The summed E-state index contributed by atoms with van der Waals surface area (Å²) in [4.78, 5) is 16.6. The van der Waals surface area contributed by atoms with Gasteiger partial charge in [0, 0.05) is 25.4 Å². The van der Waals surface area contributed by atoms with Crippen molar-refractivity contribution in [2.24, 2.45) is 0 Å². The Morgan fingerprint density at radius 3 is 2.88 bits per heavy atom. The maximum Gasteiger partial charge on any atom is 0.220 e. The number of carbonyl (C=O) groups is 1. The molecule has 0 bridgehead atoms. The molecule has 1 aromatic heterocycles. The Labute approximate surface area is 147 Å². The minimum absolute atomic E-state index is 0.113. The number of hydrogen-bond donors (Lipinski definition) is 1. The van der Waals surface area contributed by atoms with Gasteiger partial charge in [0.05, 0.1) is 12.0 Å². The minimum atomic E-state index is 0.113. The summed E-state index contributed by atoms with van der Waals surface area (Å²) in [6.45, 7) is 0.529. The molecule has 0 fully saturated rings. The first-order valence-corrected chi connectivity index (χ1v) is 8.72. The van der Waals surface area contributed by atoms with Gasteiger partial charge in [-0.3, -0.25) is 4.79 Å². The zero-order valence-electron chi connectivity index (χ0n) is 14.1. The second-order valence-electron chi connectivity index (χ2n) is 6.51. The number of carbonyl (C=O) groups excluding carboxylic acids is 1. The second-order valence-corrected chi connectivity index (χ2v) is 6.51. The van der Waals surface area contributed by atoms with Crippen molar-refractivity contribution < 1.29 is 4.79 Å². The molecule has 3 aromatic rings. The van der Waals surface area contributed by atoms with E-state index in [1.165, 1.54) is 11.1 Å². The van der Waals surface area contributed by atoms with Crippen LogP contribution in [0.3, 0.4) is 0 Å². The third kappa shape index (κ3) is 3.33. The van der Waals surface area contributed by atoms with Crippen LogP contribution >= 0.6 is 0 Å². The summed E-state index contributed by atoms with van der Waals surface area (Å²) in [5.41, 5.74) is 4.87. The number of para-hydroxylation sites is 1. The van der Waals surface area contributed by atoms with E-state index in [0.717, 1.165) is 24.1 Å². The van der Waals surface area contributed by atoms with Crippen molar-refractivity contribution in [1.29, 1.82) is 0 Å². The Hall–Kier alpha value is -2.88. The Kier molecular flexibility index (Phi) is 4.34. The molecule has 1 atom stereocenters. The van der Waals surface area contributed by atoms with Crippen LogP contribution in [0.15, 0.2) is 67.3 Å². The van der Waals surface area contributed by atoms with Gasteiger partial charge in [-0.1, -0.05) is 42.5 Å². The van der Waals surface area contributed by atoms with Crippen LogP contribution in [0.25, 0.3) is 5.69 Å². The first kappa shape index (κ1) is 15.6. The molecule has 0 saturated carbocycles. The van der Waals surface area contributed by atoms with Crippen LogP contribution < -0.4 is 5.32 Å². The highest BCUT2D eigenvalue weighted by Gasteiger charge is 2.24. The average molecular weight is 331 g/mol. The van der Waals surface area contributed by atoms with Gasteiger partial charge in [0.25, 0.3) is 0 Å². The van der Waals surface area contributed by atoms with Gasteiger partial charge in [0.2, 0.25) is 5.91 Å². The van der Waals surface area contributed by atoms with Gasteiger partial charge in [-0.15, -0.1) is 0 Å². The average Bonchev–Trinajstić information content (AvgIpc) is 3.31. The number of rotatable bonds is 5. The number of nitrogens with one attached hydrogen (secondary N) is 1. The molecule has 1 unspecified atom stereocenters. The largest absolute Gasteiger partial charge is 0.352 e. The van der Waals surface area contributed by atoms with Gasteiger partial charge in [-0.2, -0.15) is 0 Å². The van der Waals surface area contributed by atoms with Crippen molar-refractivity contribution in [2.45, 2.75) is 31.7 Å². The number of amides is 1. The van der Waals surface area contributed by atoms with E-state index >= 15 is 0 Å². The monoisotopic (exact) mass is 331 g/mol. The molecule has 1 N–H and O–H groups in total. The maximum absolute atomic E-state index is 12.4. The first-order chi connectivity index (χ1) is 12.3. The van der Waals surface area contributed by atoms with E-state index < -0.39 is 0 Å². The van der Waals surface area contributed by atoms with E-state index in [9.17, 15) is 4.79 Å². The summed E-state index contributed by atoms with van der Waals surface area (Å²) >= 11 is 0. The molecule has 25 heavy (non-hydrogen) atoms. The van der Waals surface area contributed by atoms with Crippen LogP contribution in [0.2, 0.25) is 0 Å². The van der Waals surface area contributed by atoms with Crippen molar-refractivity contribution >= 4 is 5.91 Å². The van der Waals surface area contributed by atoms with E-state index in [1.807, 2.05) is 35.0 Å². The van der Waals surface area contributed by atoms with Crippen molar-refractivity contribution in [1.82, 2.24) is 14.9 Å². The number of aromatic nitrogens is 2. The molecule has 0 saturated heterocycles. The van der Waals surface area contributed by atoms with E-state index in [4.69, 9.17) is 0 Å². The molecule has 2 aromatic carbocycles. The number of imidazole rings is 1. The van der Waals surface area contributed by atoms with Crippen LogP contribution in [0, 0.1) is 0 Å². The SMILES string of the molecule is O=C(CC1CCc2ccccc21)NCc1ccccc1-n1ccnc1. The van der Waals surface area contributed by atoms with Crippen molar-refractivity contribution in [2.75, 3.05) is 0 Å². The molecular weight excluding hydrogens is 310 g/mol. The Morgan fingerprint density at radius 1 is 1.16 bits per heavy atom. The quantitative estimate of drug-likeness (QED) is 0.776. The number of hydrogen-bond acceptors (Lipinski definition) is 2. The van der Waals surface area contributed by atoms with E-state index in [-0.39, 0.29) is 5.91 Å². The molecule has 4 rings (SSSR count). The molecule has 1 aliphatic rings. The predicted molar refractivity (Wildman–Crippen MR) is 97.5 cm³/mol. The normalized spacial score (nSPS) is 15.8. The molecule has 0 aliphatic heterocycles. The highest BCUT2D eigenvalue weighted by molar-refractivity contribution is 5.77. The highest BCUT2D eigenvalue weighted by Crippen LogP contribution is 2.35. The lowest BCUT2D eigenvalue weighted by Gasteiger charge is -2.14. The standard InChI is InChI=1S/C21H21N3O/c25-21(13-17-10-9-16-5-1-3-7-19(16)17)23-14-18-6-2-4-8-20(18)24-12-11-22-15-24/h1-8,11-12,15,17H,9-10,13-14H2,(H,23,25). The molecule has 4 nitrogen and oxygen atoms in total. The molecule has 1 heterocycles. The van der Waals surface area contributed by atoms with Gasteiger partial charge in [0.15, 0.2) is 0 Å². The number of nitrogens with zero attached hydrogens (tertiary/aromatic N) is 2. The van der Waals surface area contributed by atoms with Gasteiger partial charge in [-0.05, 0) is 41.5 Å². The lowest BCUT2D eigenvalue weighted by molar-refractivity contribution is -0.121. The smallest absolute Gasteiger partial charge is 0.220 e. The minimum Gasteiger partial charge on any atom is -0.352 e. The summed E-state index contributed by atoms with van der Waals surface area (Å²) in [6.07, 6.45) is 8.15. The summed E-state index contributed by atoms with van der Waals surface area (Å²) in [6, 6.07) is 16.6. The summed E-state index contributed by atoms with van der Waals surface area (Å²) < 4.78 is 1.97. The van der Waals surface area contributed by atoms with Crippen LogP contribution in [0.4, 0.5) is 0 Å². The molecule has 126 valence electrons. The van der Waals surface area contributed by atoms with E-state index in [0.29, 0.717) is 18.9 Å². The number of benzene rings is 2. The molecule has 1 aliphatic carbocycles. The number of fused-ring (bicyclic) bond motifs is 1. The van der Waals surface area contributed by atoms with Crippen LogP contribution in [0.1, 0.15) is 35.4 Å². The fourth-order valence-electron chi connectivity index (χ4n) is 3.66. The molecule has 0 radical (unpaired) electrons. The van der Waals surface area contributed by atoms with Crippen molar-refractivity contribution in [3.8, 4) is 5.69 Å². The fraction of sp³-hybridized carbons (Fsp3) is 0.238.